The van der Waals surface area contributed by atoms with Crippen molar-refractivity contribution in [1.82, 2.24) is 4.90 Å². The highest BCUT2D eigenvalue weighted by atomic mass is 32.2. The molecule has 0 aliphatic carbocycles. The van der Waals surface area contributed by atoms with Gasteiger partial charge in [-0.2, -0.15) is 0 Å². The number of para-hydroxylation sites is 1. The summed E-state index contributed by atoms with van der Waals surface area (Å²) >= 11 is 0.762. The van der Waals surface area contributed by atoms with E-state index in [4.69, 9.17) is 9.47 Å². The van der Waals surface area contributed by atoms with Crippen LogP contribution in [0, 0.1) is 5.82 Å². The van der Waals surface area contributed by atoms with Crippen LogP contribution in [0.25, 0.3) is 6.08 Å². The second kappa shape index (κ2) is 11.5. The lowest BCUT2D eigenvalue weighted by Gasteiger charge is -2.13. The molecule has 0 spiro atoms. The van der Waals surface area contributed by atoms with Gasteiger partial charge in [-0.3, -0.25) is 19.3 Å². The first kappa shape index (κ1) is 25.0. The number of halogens is 1. The number of nitrogens with one attached hydrogen (secondary N) is 1. The molecule has 1 saturated heterocycles. The molecule has 36 heavy (non-hydrogen) atoms. The van der Waals surface area contributed by atoms with Crippen molar-refractivity contribution in [3.63, 3.8) is 0 Å². The minimum atomic E-state index is -0.555. The van der Waals surface area contributed by atoms with E-state index >= 15 is 0 Å². The Morgan fingerprint density at radius 1 is 1.00 bits per heavy atom. The van der Waals surface area contributed by atoms with Crippen LogP contribution in [0.5, 0.6) is 11.5 Å². The van der Waals surface area contributed by atoms with Crippen molar-refractivity contribution < 1.29 is 28.2 Å². The lowest BCUT2D eigenvalue weighted by atomic mass is 10.1. The highest BCUT2D eigenvalue weighted by Gasteiger charge is 2.36. The Morgan fingerprint density at radius 2 is 1.72 bits per heavy atom. The molecule has 4 rings (SSSR count). The van der Waals surface area contributed by atoms with Crippen molar-refractivity contribution in [1.29, 1.82) is 0 Å². The molecule has 0 unspecified atom stereocenters. The first-order chi connectivity index (χ1) is 17.4. The SMILES string of the molecule is CCOc1ccc(NC(=O)CN2C(=O)S/C(=C/c3ccccc3OCc3ccc(F)cc3)C2=O)cc1. The average molecular weight is 507 g/mol. The van der Waals surface area contributed by atoms with E-state index in [2.05, 4.69) is 5.32 Å². The Bertz CT molecular complexity index is 1290. The molecule has 1 heterocycles. The Kier molecular flexibility index (Phi) is 8.02. The monoisotopic (exact) mass is 506 g/mol. The van der Waals surface area contributed by atoms with Crippen molar-refractivity contribution >= 4 is 40.6 Å². The van der Waals surface area contributed by atoms with Gasteiger partial charge in [-0.1, -0.05) is 30.3 Å². The molecule has 3 amide bonds. The van der Waals surface area contributed by atoms with Crippen molar-refractivity contribution in [2.75, 3.05) is 18.5 Å². The van der Waals surface area contributed by atoms with E-state index in [9.17, 15) is 18.8 Å². The molecule has 0 saturated carbocycles. The van der Waals surface area contributed by atoms with E-state index in [0.717, 1.165) is 22.2 Å². The summed E-state index contributed by atoms with van der Waals surface area (Å²) in [6, 6.07) is 19.8. The number of imide groups is 1. The van der Waals surface area contributed by atoms with Crippen LogP contribution in [0.1, 0.15) is 18.1 Å². The first-order valence-corrected chi connectivity index (χ1v) is 12.0. The standard InChI is InChI=1S/C27H23FN2O5S/c1-2-34-22-13-11-21(12-14-22)29-25(31)16-30-26(32)24(36-27(30)33)15-19-5-3-4-6-23(19)35-17-18-7-9-20(28)10-8-18/h3-15H,2,16-17H2,1H3,(H,29,31)/b24-15+. The van der Waals surface area contributed by atoms with Gasteiger partial charge in [0.2, 0.25) is 5.91 Å². The van der Waals surface area contributed by atoms with E-state index in [1.807, 2.05) is 6.92 Å². The third-order valence-corrected chi connectivity index (χ3v) is 6.04. The fourth-order valence-corrected chi connectivity index (χ4v) is 4.22. The number of hydrogen-bond donors (Lipinski definition) is 1. The van der Waals surface area contributed by atoms with Crippen molar-refractivity contribution in [2.45, 2.75) is 13.5 Å². The lowest BCUT2D eigenvalue weighted by Crippen LogP contribution is -2.36. The average Bonchev–Trinajstić information content (AvgIpc) is 3.13. The van der Waals surface area contributed by atoms with Gasteiger partial charge >= 0.3 is 0 Å². The van der Waals surface area contributed by atoms with Crippen LogP contribution in [0.15, 0.2) is 77.7 Å². The predicted molar refractivity (Wildman–Crippen MR) is 136 cm³/mol. The summed E-state index contributed by atoms with van der Waals surface area (Å²) in [5, 5.41) is 2.15. The van der Waals surface area contributed by atoms with Gasteiger partial charge < -0.3 is 14.8 Å². The van der Waals surface area contributed by atoms with Crippen LogP contribution in [0.2, 0.25) is 0 Å². The van der Waals surface area contributed by atoms with Crippen LogP contribution in [0.4, 0.5) is 14.9 Å². The minimum Gasteiger partial charge on any atom is -0.494 e. The number of hydrogen-bond acceptors (Lipinski definition) is 6. The number of ether oxygens (including phenoxy) is 2. The van der Waals surface area contributed by atoms with E-state index in [1.165, 1.54) is 12.1 Å². The molecule has 0 aromatic heterocycles. The summed E-state index contributed by atoms with van der Waals surface area (Å²) in [7, 11) is 0. The molecular formula is C27H23FN2O5S. The van der Waals surface area contributed by atoms with Gasteiger partial charge in [0, 0.05) is 11.3 Å². The third-order valence-electron chi connectivity index (χ3n) is 5.14. The number of nitrogens with zero attached hydrogens (tertiary/aromatic N) is 1. The third kappa shape index (κ3) is 6.31. The fraction of sp³-hybridized carbons (Fsp3) is 0.148. The van der Waals surface area contributed by atoms with E-state index in [-0.39, 0.29) is 17.3 Å². The summed E-state index contributed by atoms with van der Waals surface area (Å²) < 4.78 is 24.4. The van der Waals surface area contributed by atoms with E-state index in [0.29, 0.717) is 29.4 Å². The maximum absolute atomic E-state index is 13.1. The summed E-state index contributed by atoms with van der Waals surface area (Å²) in [6.45, 7) is 2.21. The Labute approximate surface area is 211 Å². The van der Waals surface area contributed by atoms with Crippen LogP contribution in [0.3, 0.4) is 0 Å². The van der Waals surface area contributed by atoms with E-state index < -0.39 is 23.6 Å². The molecule has 3 aromatic carbocycles. The quantitative estimate of drug-likeness (QED) is 0.387. The fourth-order valence-electron chi connectivity index (χ4n) is 3.40. The first-order valence-electron chi connectivity index (χ1n) is 11.2. The van der Waals surface area contributed by atoms with Crippen LogP contribution in [-0.2, 0) is 16.2 Å². The Hall–Kier alpha value is -4.11. The molecule has 1 aliphatic heterocycles. The number of thioether (sulfide) groups is 1. The number of carbonyl (C=O) groups is 3. The molecule has 1 fully saturated rings. The van der Waals surface area contributed by atoms with Crippen molar-refractivity contribution in [3.8, 4) is 11.5 Å². The molecule has 0 radical (unpaired) electrons. The largest absolute Gasteiger partial charge is 0.494 e. The number of rotatable bonds is 9. The van der Waals surface area contributed by atoms with E-state index in [1.54, 1.807) is 66.7 Å². The Balaban J connectivity index is 1.41. The molecule has 184 valence electrons. The highest BCUT2D eigenvalue weighted by Crippen LogP contribution is 2.34. The molecule has 7 nitrogen and oxygen atoms in total. The normalized spacial score (nSPS) is 14.3. The molecule has 0 bridgehead atoms. The zero-order valence-electron chi connectivity index (χ0n) is 19.4. The summed E-state index contributed by atoms with van der Waals surface area (Å²) in [6.07, 6.45) is 1.56. The second-order valence-corrected chi connectivity index (χ2v) is 8.72. The number of amides is 3. The maximum Gasteiger partial charge on any atom is 0.294 e. The smallest absolute Gasteiger partial charge is 0.294 e. The molecule has 1 N–H and O–H groups in total. The molecular weight excluding hydrogens is 483 g/mol. The van der Waals surface area contributed by atoms with Crippen LogP contribution in [-0.4, -0.2) is 35.1 Å². The lowest BCUT2D eigenvalue weighted by molar-refractivity contribution is -0.127. The minimum absolute atomic E-state index is 0.187. The van der Waals surface area contributed by atoms with Gasteiger partial charge in [0.1, 0.15) is 30.5 Å². The van der Waals surface area contributed by atoms with Gasteiger partial charge in [-0.05, 0) is 72.8 Å². The molecule has 3 aromatic rings. The number of carbonyl (C=O) groups excluding carboxylic acids is 3. The van der Waals surface area contributed by atoms with Gasteiger partial charge in [0.05, 0.1) is 11.5 Å². The van der Waals surface area contributed by atoms with Gasteiger partial charge in [0.25, 0.3) is 11.1 Å². The summed E-state index contributed by atoms with van der Waals surface area (Å²) in [5.74, 6) is -0.204. The summed E-state index contributed by atoms with van der Waals surface area (Å²) in [5.41, 5.74) is 1.91. The molecule has 0 atom stereocenters. The van der Waals surface area contributed by atoms with Gasteiger partial charge in [-0.15, -0.1) is 0 Å². The predicted octanol–water partition coefficient (Wildman–Crippen LogP) is 5.48. The van der Waals surface area contributed by atoms with Crippen LogP contribution < -0.4 is 14.8 Å². The summed E-state index contributed by atoms with van der Waals surface area (Å²) in [4.78, 5) is 38.9. The van der Waals surface area contributed by atoms with Crippen molar-refractivity contribution in [3.05, 3.63) is 94.6 Å². The molecule has 9 heteroatoms. The van der Waals surface area contributed by atoms with Gasteiger partial charge in [-0.25, -0.2) is 4.39 Å². The second-order valence-electron chi connectivity index (χ2n) is 7.73. The highest BCUT2D eigenvalue weighted by molar-refractivity contribution is 8.18. The molecule has 1 aliphatic rings. The number of benzene rings is 3. The van der Waals surface area contributed by atoms with Crippen LogP contribution >= 0.6 is 11.8 Å². The zero-order valence-corrected chi connectivity index (χ0v) is 20.2. The Morgan fingerprint density at radius 3 is 2.44 bits per heavy atom. The van der Waals surface area contributed by atoms with Crippen molar-refractivity contribution in [2.24, 2.45) is 0 Å². The number of anilines is 1. The van der Waals surface area contributed by atoms with Gasteiger partial charge in [0.15, 0.2) is 0 Å². The topological polar surface area (TPSA) is 84.9 Å². The zero-order chi connectivity index (χ0) is 25.5. The maximum atomic E-state index is 13.1.